The van der Waals surface area contributed by atoms with Gasteiger partial charge in [-0.1, -0.05) is 18.2 Å². The van der Waals surface area contributed by atoms with Crippen molar-refractivity contribution >= 4 is 32.3 Å². The van der Waals surface area contributed by atoms with E-state index in [1.54, 1.807) is 12.1 Å². The highest BCUT2D eigenvalue weighted by Crippen LogP contribution is 2.34. The third-order valence-electron chi connectivity index (χ3n) is 5.04. The molecule has 0 fully saturated rings. The van der Waals surface area contributed by atoms with Gasteiger partial charge in [0.15, 0.2) is 11.6 Å². The van der Waals surface area contributed by atoms with Crippen molar-refractivity contribution in [3.05, 3.63) is 71.8 Å². The molecule has 2 aromatic carbocycles. The number of aromatic nitrogens is 2. The maximum absolute atomic E-state index is 14.6. The van der Waals surface area contributed by atoms with Crippen molar-refractivity contribution in [3.63, 3.8) is 0 Å². The van der Waals surface area contributed by atoms with Gasteiger partial charge in [0.1, 0.15) is 22.9 Å². The average molecular weight is 482 g/mol. The summed E-state index contributed by atoms with van der Waals surface area (Å²) >= 11 is 0.762. The van der Waals surface area contributed by atoms with Crippen molar-refractivity contribution in [2.45, 2.75) is 24.2 Å². The lowest BCUT2D eigenvalue weighted by Crippen LogP contribution is -2.18. The maximum Gasteiger partial charge on any atom is 0.266 e. The number of benzene rings is 2. The molecule has 0 aliphatic heterocycles. The van der Waals surface area contributed by atoms with Gasteiger partial charge in [-0.05, 0) is 42.5 Å². The lowest BCUT2D eigenvalue weighted by Gasteiger charge is -2.25. The first-order valence-corrected chi connectivity index (χ1v) is 12.0. The van der Waals surface area contributed by atoms with Crippen LogP contribution in [0.5, 0.6) is 5.75 Å². The Balaban J connectivity index is 1.51. The summed E-state index contributed by atoms with van der Waals surface area (Å²) in [5.41, 5.74) is 1.80. The maximum atomic E-state index is 14.6. The number of nitrogens with zero attached hydrogens (tertiary/aromatic N) is 2. The summed E-state index contributed by atoms with van der Waals surface area (Å²) < 4.78 is 78.4. The Morgan fingerprint density at radius 1 is 1.12 bits per heavy atom. The van der Waals surface area contributed by atoms with E-state index in [0.29, 0.717) is 12.1 Å². The van der Waals surface area contributed by atoms with Crippen molar-refractivity contribution in [1.82, 2.24) is 9.36 Å². The van der Waals surface area contributed by atoms with Gasteiger partial charge in [-0.15, -0.1) is 0 Å². The Bertz CT molecular complexity index is 1230. The number of hydrogen-bond acceptors (Lipinski definition) is 6. The predicted octanol–water partition coefficient (Wildman–Crippen LogP) is 5.02. The highest BCUT2D eigenvalue weighted by atomic mass is 32.2. The number of ether oxygens (including phenoxy) is 1. The molecule has 1 aromatic heterocycles. The molecule has 1 N–H and O–H groups in total. The van der Waals surface area contributed by atoms with E-state index in [2.05, 4.69) is 9.36 Å². The van der Waals surface area contributed by atoms with Crippen LogP contribution in [-0.4, -0.2) is 24.4 Å². The van der Waals surface area contributed by atoms with Crippen LogP contribution in [0.25, 0.3) is 5.57 Å². The molecule has 11 heteroatoms. The van der Waals surface area contributed by atoms with Crippen molar-refractivity contribution in [3.8, 4) is 5.75 Å². The van der Waals surface area contributed by atoms with Gasteiger partial charge in [0, 0.05) is 29.6 Å². The summed E-state index contributed by atoms with van der Waals surface area (Å²) in [7, 11) is -4.39. The molecule has 168 valence electrons. The minimum atomic E-state index is -4.39. The molecule has 4 rings (SSSR count). The van der Waals surface area contributed by atoms with Gasteiger partial charge in [-0.2, -0.15) is 4.37 Å². The SMILES string of the molecule is O=S(=O)(Nc1ncns1)c1cc(F)c(OC[C@H]2CCCC=C2c2ccc(F)cc2)cc1F. The summed E-state index contributed by atoms with van der Waals surface area (Å²) in [5.74, 6) is -2.99. The summed E-state index contributed by atoms with van der Waals surface area (Å²) in [6.45, 7) is 0.0642. The molecule has 6 nitrogen and oxygen atoms in total. The molecule has 0 bridgehead atoms. The Morgan fingerprint density at radius 2 is 1.91 bits per heavy atom. The number of anilines is 1. The van der Waals surface area contributed by atoms with E-state index in [9.17, 15) is 21.6 Å². The molecule has 3 aromatic rings. The number of rotatable bonds is 7. The van der Waals surface area contributed by atoms with Gasteiger partial charge < -0.3 is 4.74 Å². The molecular weight excluding hydrogens is 463 g/mol. The van der Waals surface area contributed by atoms with Crippen molar-refractivity contribution in [2.75, 3.05) is 11.3 Å². The Hall–Kier alpha value is -2.92. The summed E-state index contributed by atoms with van der Waals surface area (Å²) in [5, 5.41) is -0.0671. The molecule has 1 aliphatic carbocycles. The second kappa shape index (κ2) is 9.29. The lowest BCUT2D eigenvalue weighted by molar-refractivity contribution is 0.255. The minimum Gasteiger partial charge on any atom is -0.490 e. The first kappa shape index (κ1) is 22.3. The molecule has 0 radical (unpaired) electrons. The third-order valence-corrected chi connectivity index (χ3v) is 7.10. The van der Waals surface area contributed by atoms with Gasteiger partial charge in [0.25, 0.3) is 10.0 Å². The summed E-state index contributed by atoms with van der Waals surface area (Å²) in [6.07, 6.45) is 5.71. The van der Waals surface area contributed by atoms with E-state index in [1.807, 2.05) is 10.8 Å². The molecule has 0 unspecified atom stereocenters. The van der Waals surface area contributed by atoms with Gasteiger partial charge in [-0.3, -0.25) is 4.72 Å². The average Bonchev–Trinajstić information content (AvgIpc) is 3.27. The highest BCUT2D eigenvalue weighted by Gasteiger charge is 2.25. The molecule has 32 heavy (non-hydrogen) atoms. The Labute approximate surface area is 187 Å². The normalized spacial score (nSPS) is 16.5. The van der Waals surface area contributed by atoms with Gasteiger partial charge in [0.2, 0.25) is 5.13 Å². The molecule has 1 aliphatic rings. The molecule has 0 spiro atoms. The van der Waals surface area contributed by atoms with Crippen LogP contribution >= 0.6 is 11.5 Å². The second-order valence-electron chi connectivity index (χ2n) is 7.17. The molecule has 0 amide bonds. The van der Waals surface area contributed by atoms with Crippen LogP contribution in [0.3, 0.4) is 0 Å². The van der Waals surface area contributed by atoms with Crippen molar-refractivity contribution in [2.24, 2.45) is 5.92 Å². The van der Waals surface area contributed by atoms with Crippen LogP contribution < -0.4 is 9.46 Å². The van der Waals surface area contributed by atoms with E-state index >= 15 is 0 Å². The monoisotopic (exact) mass is 481 g/mol. The van der Waals surface area contributed by atoms with Crippen LogP contribution in [-0.2, 0) is 10.0 Å². The quantitative estimate of drug-likeness (QED) is 0.513. The first-order chi connectivity index (χ1) is 15.3. The van der Waals surface area contributed by atoms with Gasteiger partial charge in [0.05, 0.1) is 6.61 Å². The Kier molecular flexibility index (Phi) is 6.47. The smallest absolute Gasteiger partial charge is 0.266 e. The van der Waals surface area contributed by atoms with Crippen LogP contribution in [0.15, 0.2) is 53.7 Å². The highest BCUT2D eigenvalue weighted by molar-refractivity contribution is 7.93. The molecular formula is C21H18F3N3O3S2. The first-order valence-electron chi connectivity index (χ1n) is 9.71. The molecule has 1 heterocycles. The fraction of sp³-hybridized carbons (Fsp3) is 0.238. The summed E-state index contributed by atoms with van der Waals surface area (Å²) in [6, 6.07) is 7.37. The predicted molar refractivity (Wildman–Crippen MR) is 114 cm³/mol. The van der Waals surface area contributed by atoms with E-state index in [1.165, 1.54) is 12.1 Å². The standard InChI is InChI=1S/C21H18F3N3O3S2/c22-15-7-5-13(6-8-15)16-4-2-1-3-14(16)11-30-19-9-18(24)20(10-17(19)23)32(28,29)27-21-25-12-26-31-21/h4-10,12,14H,1-3,11H2,(H,25,26,27)/t14-/m1/s1. The number of hydrogen-bond donors (Lipinski definition) is 1. The topological polar surface area (TPSA) is 81.2 Å². The number of sulfonamides is 1. The molecule has 1 atom stereocenters. The fourth-order valence-corrected chi connectivity index (χ4v) is 5.25. The minimum absolute atomic E-state index is 0.0642. The Morgan fingerprint density at radius 3 is 2.62 bits per heavy atom. The van der Waals surface area contributed by atoms with Gasteiger partial charge >= 0.3 is 0 Å². The zero-order valence-corrected chi connectivity index (χ0v) is 18.2. The van der Waals surface area contributed by atoms with Crippen molar-refractivity contribution in [1.29, 1.82) is 0 Å². The molecule has 0 saturated carbocycles. The summed E-state index contributed by atoms with van der Waals surface area (Å²) in [4.78, 5) is 2.81. The zero-order valence-electron chi connectivity index (χ0n) is 16.6. The zero-order chi connectivity index (χ0) is 22.7. The number of allylic oxidation sites excluding steroid dienone is 1. The lowest BCUT2D eigenvalue weighted by atomic mass is 9.84. The number of halogens is 3. The van der Waals surface area contributed by atoms with Crippen LogP contribution in [0.4, 0.5) is 18.3 Å². The fourth-order valence-electron chi connectivity index (χ4n) is 3.52. The van der Waals surface area contributed by atoms with Gasteiger partial charge in [-0.25, -0.2) is 26.6 Å². The number of nitrogens with one attached hydrogen (secondary N) is 1. The van der Waals surface area contributed by atoms with E-state index in [0.717, 1.165) is 48.3 Å². The van der Waals surface area contributed by atoms with Crippen LogP contribution in [0, 0.1) is 23.4 Å². The third kappa shape index (κ3) is 4.94. The largest absolute Gasteiger partial charge is 0.490 e. The molecule has 0 saturated heterocycles. The van der Waals surface area contributed by atoms with E-state index in [4.69, 9.17) is 4.74 Å². The van der Waals surface area contributed by atoms with E-state index < -0.39 is 26.6 Å². The van der Waals surface area contributed by atoms with Crippen LogP contribution in [0.1, 0.15) is 24.8 Å². The van der Waals surface area contributed by atoms with E-state index in [-0.39, 0.29) is 29.2 Å². The second-order valence-corrected chi connectivity index (χ2v) is 9.60. The van der Waals surface area contributed by atoms with Crippen molar-refractivity contribution < 1.29 is 26.3 Å². The van der Waals surface area contributed by atoms with Crippen LogP contribution in [0.2, 0.25) is 0 Å².